The first-order valence-electron chi connectivity index (χ1n) is 7.79. The van der Waals surface area contributed by atoms with Crippen molar-refractivity contribution in [3.63, 3.8) is 0 Å². The molecule has 1 amide bonds. The molecule has 0 unspecified atom stereocenters. The fourth-order valence-corrected chi connectivity index (χ4v) is 2.60. The molecule has 1 aliphatic rings. The summed E-state index contributed by atoms with van der Waals surface area (Å²) in [6.45, 7) is 6.73. The maximum atomic E-state index is 11.4. The molecule has 3 rings (SSSR count). The number of anilines is 3. The maximum Gasteiger partial charge on any atom is 0.229 e. The zero-order valence-corrected chi connectivity index (χ0v) is 13.5. The molecule has 0 saturated carbocycles. The molecule has 0 bridgehead atoms. The van der Waals surface area contributed by atoms with Crippen LogP contribution in [0.25, 0.3) is 0 Å². The summed E-state index contributed by atoms with van der Waals surface area (Å²) in [5.74, 6) is 1.60. The van der Waals surface area contributed by atoms with Crippen molar-refractivity contribution in [2.24, 2.45) is 0 Å². The van der Waals surface area contributed by atoms with Gasteiger partial charge in [-0.3, -0.25) is 4.79 Å². The van der Waals surface area contributed by atoms with Gasteiger partial charge in [-0.05, 0) is 25.1 Å². The molecule has 2 aromatic rings. The molecule has 1 N–H and O–H groups in total. The number of piperazine rings is 1. The van der Waals surface area contributed by atoms with E-state index in [4.69, 9.17) is 0 Å². The summed E-state index contributed by atoms with van der Waals surface area (Å²) < 4.78 is 0. The van der Waals surface area contributed by atoms with Gasteiger partial charge in [0.2, 0.25) is 11.9 Å². The van der Waals surface area contributed by atoms with Crippen LogP contribution in [0.15, 0.2) is 36.5 Å². The number of benzene rings is 1. The van der Waals surface area contributed by atoms with Gasteiger partial charge >= 0.3 is 0 Å². The first-order valence-corrected chi connectivity index (χ1v) is 7.79. The molecule has 6 heteroatoms. The largest absolute Gasteiger partial charge is 0.353 e. The monoisotopic (exact) mass is 311 g/mol. The molecule has 2 heterocycles. The third kappa shape index (κ3) is 3.77. The second-order valence-electron chi connectivity index (χ2n) is 5.72. The molecule has 0 aliphatic carbocycles. The molecular formula is C17H21N5O. The number of aryl methyl sites for hydroxylation is 1. The molecule has 23 heavy (non-hydrogen) atoms. The van der Waals surface area contributed by atoms with Crippen LogP contribution in [-0.2, 0) is 4.79 Å². The highest BCUT2D eigenvalue weighted by Crippen LogP contribution is 2.18. The van der Waals surface area contributed by atoms with Crippen molar-refractivity contribution in [2.45, 2.75) is 13.8 Å². The second kappa shape index (κ2) is 6.64. The van der Waals surface area contributed by atoms with Crippen molar-refractivity contribution in [1.82, 2.24) is 14.9 Å². The van der Waals surface area contributed by atoms with Crippen molar-refractivity contribution in [3.05, 3.63) is 42.1 Å². The summed E-state index contributed by atoms with van der Waals surface area (Å²) in [4.78, 5) is 24.3. The minimum atomic E-state index is 0.133. The van der Waals surface area contributed by atoms with Gasteiger partial charge in [-0.2, -0.15) is 4.98 Å². The van der Waals surface area contributed by atoms with E-state index < -0.39 is 0 Å². The highest BCUT2D eigenvalue weighted by Gasteiger charge is 2.19. The lowest BCUT2D eigenvalue weighted by atomic mass is 10.2. The van der Waals surface area contributed by atoms with Crippen LogP contribution in [-0.4, -0.2) is 47.0 Å². The Morgan fingerprint density at radius 1 is 1.09 bits per heavy atom. The zero-order chi connectivity index (χ0) is 16.2. The van der Waals surface area contributed by atoms with Crippen LogP contribution in [0.5, 0.6) is 0 Å². The smallest absolute Gasteiger partial charge is 0.229 e. The SMILES string of the molecule is CC(=O)N1CCN(c2ccnc(Nc3ccc(C)cc3)n2)CC1. The Kier molecular flexibility index (Phi) is 4.41. The molecule has 1 aromatic carbocycles. The Labute approximate surface area is 136 Å². The molecule has 1 saturated heterocycles. The van der Waals surface area contributed by atoms with Crippen molar-refractivity contribution in [3.8, 4) is 0 Å². The normalized spacial score (nSPS) is 14.7. The quantitative estimate of drug-likeness (QED) is 0.941. The highest BCUT2D eigenvalue weighted by molar-refractivity contribution is 5.73. The predicted octanol–water partition coefficient (Wildman–Crippen LogP) is 2.20. The van der Waals surface area contributed by atoms with Crippen LogP contribution >= 0.6 is 0 Å². The van der Waals surface area contributed by atoms with E-state index in [0.29, 0.717) is 5.95 Å². The number of hydrogen-bond donors (Lipinski definition) is 1. The molecule has 6 nitrogen and oxygen atoms in total. The van der Waals surface area contributed by atoms with E-state index in [1.165, 1.54) is 5.56 Å². The lowest BCUT2D eigenvalue weighted by Crippen LogP contribution is -2.48. The van der Waals surface area contributed by atoms with Crippen molar-refractivity contribution in [1.29, 1.82) is 0 Å². The van der Waals surface area contributed by atoms with E-state index in [1.807, 2.05) is 35.2 Å². The van der Waals surface area contributed by atoms with Gasteiger partial charge in [0.15, 0.2) is 0 Å². The number of rotatable bonds is 3. The molecule has 1 aromatic heterocycles. The predicted molar refractivity (Wildman–Crippen MR) is 91.0 cm³/mol. The molecule has 0 spiro atoms. The van der Waals surface area contributed by atoms with Crippen LogP contribution < -0.4 is 10.2 Å². The Morgan fingerprint density at radius 2 is 1.78 bits per heavy atom. The summed E-state index contributed by atoms with van der Waals surface area (Å²) >= 11 is 0. The summed E-state index contributed by atoms with van der Waals surface area (Å²) in [6.07, 6.45) is 1.76. The Morgan fingerprint density at radius 3 is 2.43 bits per heavy atom. The average Bonchev–Trinajstić information content (AvgIpc) is 2.57. The number of aromatic nitrogens is 2. The van der Waals surface area contributed by atoms with E-state index in [0.717, 1.165) is 37.7 Å². The average molecular weight is 311 g/mol. The first-order chi connectivity index (χ1) is 11.1. The van der Waals surface area contributed by atoms with Gasteiger partial charge in [0.1, 0.15) is 5.82 Å². The first kappa shape index (κ1) is 15.3. The summed E-state index contributed by atoms with van der Waals surface area (Å²) in [6, 6.07) is 10.0. The molecule has 0 radical (unpaired) electrons. The number of amides is 1. The number of nitrogens with one attached hydrogen (secondary N) is 1. The second-order valence-corrected chi connectivity index (χ2v) is 5.72. The fraction of sp³-hybridized carbons (Fsp3) is 0.353. The third-order valence-electron chi connectivity index (χ3n) is 4.00. The van der Waals surface area contributed by atoms with Crippen LogP contribution in [0.2, 0.25) is 0 Å². The van der Waals surface area contributed by atoms with E-state index in [9.17, 15) is 4.79 Å². The molecular weight excluding hydrogens is 290 g/mol. The van der Waals surface area contributed by atoms with E-state index >= 15 is 0 Å². The van der Waals surface area contributed by atoms with Crippen LogP contribution in [0.4, 0.5) is 17.5 Å². The summed E-state index contributed by atoms with van der Waals surface area (Å²) in [5.41, 5.74) is 2.18. The van der Waals surface area contributed by atoms with Crippen molar-refractivity contribution in [2.75, 3.05) is 36.4 Å². The Hall–Kier alpha value is -2.63. The van der Waals surface area contributed by atoms with Gasteiger partial charge in [-0.15, -0.1) is 0 Å². The lowest BCUT2D eigenvalue weighted by Gasteiger charge is -2.34. The van der Waals surface area contributed by atoms with Gasteiger partial charge in [0, 0.05) is 45.0 Å². The number of carbonyl (C=O) groups is 1. The minimum Gasteiger partial charge on any atom is -0.353 e. The Balaban J connectivity index is 1.68. The number of hydrogen-bond acceptors (Lipinski definition) is 5. The molecule has 1 aliphatic heterocycles. The van der Waals surface area contributed by atoms with E-state index in [-0.39, 0.29) is 5.91 Å². The molecule has 120 valence electrons. The maximum absolute atomic E-state index is 11.4. The summed E-state index contributed by atoms with van der Waals surface area (Å²) in [5, 5.41) is 3.22. The van der Waals surface area contributed by atoms with Gasteiger partial charge in [-0.25, -0.2) is 4.98 Å². The van der Waals surface area contributed by atoms with E-state index in [1.54, 1.807) is 13.1 Å². The topological polar surface area (TPSA) is 61.4 Å². The van der Waals surface area contributed by atoms with Crippen LogP contribution in [0, 0.1) is 6.92 Å². The van der Waals surface area contributed by atoms with Crippen molar-refractivity contribution >= 4 is 23.4 Å². The van der Waals surface area contributed by atoms with Gasteiger partial charge in [0.05, 0.1) is 0 Å². The van der Waals surface area contributed by atoms with E-state index in [2.05, 4.69) is 27.1 Å². The lowest BCUT2D eigenvalue weighted by molar-refractivity contribution is -0.129. The number of nitrogens with zero attached hydrogens (tertiary/aromatic N) is 4. The Bertz CT molecular complexity index is 678. The van der Waals surface area contributed by atoms with Crippen molar-refractivity contribution < 1.29 is 4.79 Å². The zero-order valence-electron chi connectivity index (χ0n) is 13.5. The highest BCUT2D eigenvalue weighted by atomic mass is 16.2. The molecule has 1 fully saturated rings. The van der Waals surface area contributed by atoms with Gasteiger partial charge in [-0.1, -0.05) is 17.7 Å². The minimum absolute atomic E-state index is 0.133. The van der Waals surface area contributed by atoms with Crippen LogP contribution in [0.3, 0.4) is 0 Å². The third-order valence-corrected chi connectivity index (χ3v) is 4.00. The fourth-order valence-electron chi connectivity index (χ4n) is 2.60. The van der Waals surface area contributed by atoms with Crippen LogP contribution in [0.1, 0.15) is 12.5 Å². The standard InChI is InChI=1S/C17H21N5O/c1-13-3-5-15(6-4-13)19-17-18-8-7-16(20-17)22-11-9-21(10-12-22)14(2)23/h3-8H,9-12H2,1-2H3,(H,18,19,20). The van der Waals surface area contributed by atoms with Gasteiger partial charge < -0.3 is 15.1 Å². The van der Waals surface area contributed by atoms with Gasteiger partial charge in [0.25, 0.3) is 0 Å². The number of carbonyl (C=O) groups excluding carboxylic acids is 1. The molecule has 0 atom stereocenters. The summed E-state index contributed by atoms with van der Waals surface area (Å²) in [7, 11) is 0.